The Morgan fingerprint density at radius 1 is 0.455 bits per heavy atom. The molecule has 33 heavy (non-hydrogen) atoms. The summed E-state index contributed by atoms with van der Waals surface area (Å²) in [7, 11) is 0. The average Bonchev–Trinajstić information content (AvgIpc) is 3.59. The maximum Gasteiger partial charge on any atom is 0.0611 e. The molecule has 156 valence electrons. The van der Waals surface area contributed by atoms with E-state index >= 15 is 0 Å². The van der Waals surface area contributed by atoms with Crippen molar-refractivity contribution in [1.82, 2.24) is 8.80 Å². The van der Waals surface area contributed by atoms with Gasteiger partial charge in [0.05, 0.1) is 22.1 Å². The second-order valence-electron chi connectivity index (χ2n) is 9.89. The molecule has 0 amide bonds. The second-order valence-corrected chi connectivity index (χ2v) is 9.89. The van der Waals surface area contributed by atoms with E-state index in [9.17, 15) is 0 Å². The molecule has 4 aromatic carbocycles. The van der Waals surface area contributed by atoms with Crippen LogP contribution in [0.25, 0.3) is 54.4 Å². The van der Waals surface area contributed by atoms with Gasteiger partial charge in [-0.25, -0.2) is 0 Å². The molecule has 0 aliphatic carbocycles. The largest absolute Gasteiger partial charge is 0.315 e. The Bertz CT molecular complexity index is 1850. The Morgan fingerprint density at radius 2 is 0.848 bits per heavy atom. The molecule has 0 bridgehead atoms. The summed E-state index contributed by atoms with van der Waals surface area (Å²) >= 11 is 0. The lowest BCUT2D eigenvalue weighted by molar-refractivity contribution is 0.651. The van der Waals surface area contributed by atoms with Crippen molar-refractivity contribution in [3.05, 3.63) is 108 Å². The molecular weight excluding hydrogens is 400 g/mol. The number of fused-ring (bicyclic) bond motifs is 6. The van der Waals surface area contributed by atoms with Crippen molar-refractivity contribution in [3.8, 4) is 0 Å². The first kappa shape index (κ1) is 17.5. The molecule has 0 N–H and O–H groups in total. The molecule has 0 unspecified atom stereocenters. The number of nitrogens with zero attached hydrogens (tertiary/aromatic N) is 2. The third-order valence-corrected chi connectivity index (χ3v) is 7.90. The first-order valence-corrected chi connectivity index (χ1v) is 11.6. The van der Waals surface area contributed by atoms with Gasteiger partial charge in [-0.2, -0.15) is 0 Å². The van der Waals surface area contributed by atoms with Crippen LogP contribution in [-0.4, -0.2) is 8.80 Å². The summed E-state index contributed by atoms with van der Waals surface area (Å²) in [6, 6.07) is 31.0. The summed E-state index contributed by atoms with van der Waals surface area (Å²) < 4.78 is 4.81. The highest BCUT2D eigenvalue weighted by Crippen LogP contribution is 2.45. The summed E-state index contributed by atoms with van der Waals surface area (Å²) in [5, 5.41) is 8.03. The maximum atomic E-state index is 2.41. The Morgan fingerprint density at radius 3 is 1.33 bits per heavy atom. The van der Waals surface area contributed by atoms with Gasteiger partial charge in [0.2, 0.25) is 0 Å². The van der Waals surface area contributed by atoms with Crippen molar-refractivity contribution >= 4 is 54.4 Å². The summed E-state index contributed by atoms with van der Waals surface area (Å²) in [5.74, 6) is 0. The normalized spacial score (nSPS) is 13.2. The Kier molecular flexibility index (Phi) is 3.00. The van der Waals surface area contributed by atoms with Crippen LogP contribution in [0.3, 0.4) is 0 Å². The Hall–Kier alpha value is -4.04. The van der Waals surface area contributed by atoms with E-state index in [0.717, 1.165) is 0 Å². The van der Waals surface area contributed by atoms with Gasteiger partial charge in [-0.15, -0.1) is 0 Å². The van der Waals surface area contributed by atoms with E-state index in [1.807, 2.05) is 0 Å². The maximum absolute atomic E-state index is 2.41. The fourth-order valence-corrected chi connectivity index (χ4v) is 6.35. The molecule has 0 atom stereocenters. The topological polar surface area (TPSA) is 8.82 Å². The number of hydrogen-bond donors (Lipinski definition) is 0. The molecule has 0 radical (unpaired) electrons. The van der Waals surface area contributed by atoms with Crippen LogP contribution in [0, 0.1) is 0 Å². The van der Waals surface area contributed by atoms with Crippen LogP contribution >= 0.6 is 0 Å². The van der Waals surface area contributed by atoms with Crippen molar-refractivity contribution in [2.45, 2.75) is 19.3 Å². The van der Waals surface area contributed by atoms with Crippen molar-refractivity contribution in [1.29, 1.82) is 0 Å². The highest BCUT2D eigenvalue weighted by atomic mass is 14.9. The molecule has 2 nitrogen and oxygen atoms in total. The van der Waals surface area contributed by atoms with Gasteiger partial charge >= 0.3 is 0 Å². The predicted octanol–water partition coefficient (Wildman–Crippen LogP) is 8.01. The van der Waals surface area contributed by atoms with Gasteiger partial charge in [0.1, 0.15) is 0 Å². The van der Waals surface area contributed by atoms with Crippen molar-refractivity contribution in [3.63, 3.8) is 0 Å². The molecule has 0 aliphatic heterocycles. The standard InChI is InChI=1S/C31H22N2/c1-31(2,25-17-32-27-15-5-3-9-19(27)21-11-7-13-23(25)29(21)32)26-18-33-28-16-6-4-10-20(28)22-12-8-14-24(26)30(22)33/h3-18H,1-2H3. The number of aromatic nitrogens is 2. The third-order valence-electron chi connectivity index (χ3n) is 7.90. The minimum atomic E-state index is -0.150. The van der Waals surface area contributed by atoms with E-state index < -0.39 is 0 Å². The summed E-state index contributed by atoms with van der Waals surface area (Å²) in [6.07, 6.45) is 4.76. The molecule has 0 aliphatic rings. The zero-order chi connectivity index (χ0) is 21.9. The molecule has 0 fully saturated rings. The number of benzene rings is 4. The molecule has 4 heterocycles. The van der Waals surface area contributed by atoms with Crippen LogP contribution in [0.5, 0.6) is 0 Å². The van der Waals surface area contributed by atoms with Crippen LogP contribution in [0.15, 0.2) is 97.3 Å². The average molecular weight is 423 g/mol. The summed E-state index contributed by atoms with van der Waals surface area (Å²) in [4.78, 5) is 0. The molecule has 0 spiro atoms. The van der Waals surface area contributed by atoms with Gasteiger partial charge in [0, 0.05) is 50.1 Å². The highest BCUT2D eigenvalue weighted by Gasteiger charge is 2.32. The first-order valence-electron chi connectivity index (χ1n) is 11.6. The minimum absolute atomic E-state index is 0.150. The highest BCUT2D eigenvalue weighted by molar-refractivity contribution is 6.17. The fraction of sp³-hybridized carbons (Fsp3) is 0.0968. The van der Waals surface area contributed by atoms with E-state index in [2.05, 4.69) is 120 Å². The van der Waals surface area contributed by atoms with Crippen LogP contribution in [0.1, 0.15) is 25.0 Å². The van der Waals surface area contributed by atoms with Crippen LogP contribution in [0.4, 0.5) is 0 Å². The van der Waals surface area contributed by atoms with Gasteiger partial charge in [0.25, 0.3) is 0 Å². The van der Waals surface area contributed by atoms with Crippen molar-refractivity contribution in [2.75, 3.05) is 0 Å². The Balaban J connectivity index is 1.48. The molecule has 0 saturated heterocycles. The lowest BCUT2D eigenvalue weighted by Crippen LogP contribution is -2.18. The van der Waals surface area contributed by atoms with Gasteiger partial charge in [-0.1, -0.05) is 86.6 Å². The molecule has 8 rings (SSSR count). The lowest BCUT2D eigenvalue weighted by atomic mass is 9.77. The zero-order valence-corrected chi connectivity index (χ0v) is 18.6. The van der Waals surface area contributed by atoms with Crippen LogP contribution in [0.2, 0.25) is 0 Å². The summed E-state index contributed by atoms with van der Waals surface area (Å²) in [6.45, 7) is 4.76. The van der Waals surface area contributed by atoms with E-state index in [1.165, 1.54) is 65.5 Å². The van der Waals surface area contributed by atoms with Crippen LogP contribution < -0.4 is 0 Å². The third kappa shape index (κ3) is 1.96. The Labute approximate surface area is 191 Å². The van der Waals surface area contributed by atoms with Crippen molar-refractivity contribution in [2.24, 2.45) is 0 Å². The number of para-hydroxylation sites is 4. The second kappa shape index (κ2) is 5.65. The van der Waals surface area contributed by atoms with Gasteiger partial charge in [0.15, 0.2) is 0 Å². The lowest BCUT2D eigenvalue weighted by Gasteiger charge is -2.25. The number of rotatable bonds is 2. The molecule has 0 saturated carbocycles. The fourth-order valence-electron chi connectivity index (χ4n) is 6.35. The van der Waals surface area contributed by atoms with E-state index in [1.54, 1.807) is 0 Å². The minimum Gasteiger partial charge on any atom is -0.315 e. The smallest absolute Gasteiger partial charge is 0.0611 e. The molecule has 2 heteroatoms. The monoisotopic (exact) mass is 422 g/mol. The van der Waals surface area contributed by atoms with E-state index in [0.29, 0.717) is 0 Å². The van der Waals surface area contributed by atoms with Crippen LogP contribution in [-0.2, 0) is 5.41 Å². The van der Waals surface area contributed by atoms with E-state index in [-0.39, 0.29) is 5.41 Å². The molecule has 4 aromatic heterocycles. The van der Waals surface area contributed by atoms with Crippen molar-refractivity contribution < 1.29 is 0 Å². The number of hydrogen-bond acceptors (Lipinski definition) is 0. The van der Waals surface area contributed by atoms with Gasteiger partial charge in [-0.05, 0) is 23.3 Å². The van der Waals surface area contributed by atoms with Gasteiger partial charge < -0.3 is 8.80 Å². The molecule has 8 aromatic rings. The SMILES string of the molecule is CC(C)(c1cn2c3ccccc3c3cccc1c32)c1cn2c3ccccc3c3cccc1c32. The predicted molar refractivity (Wildman–Crippen MR) is 139 cm³/mol. The summed E-state index contributed by atoms with van der Waals surface area (Å²) in [5.41, 5.74) is 7.85. The van der Waals surface area contributed by atoms with E-state index in [4.69, 9.17) is 0 Å². The zero-order valence-electron chi connectivity index (χ0n) is 18.6. The quantitative estimate of drug-likeness (QED) is 0.267. The van der Waals surface area contributed by atoms with Gasteiger partial charge in [-0.3, -0.25) is 0 Å². The molecular formula is C31H22N2. The first-order chi connectivity index (χ1) is 16.1.